The van der Waals surface area contributed by atoms with Crippen molar-refractivity contribution < 1.29 is 23.1 Å². The monoisotopic (exact) mass is 289 g/mol. The van der Waals surface area contributed by atoms with Crippen LogP contribution >= 0.6 is 0 Å². The van der Waals surface area contributed by atoms with E-state index in [0.717, 1.165) is 12.1 Å². The molecule has 1 heterocycles. The molecule has 0 bridgehead atoms. The first-order valence-corrected chi connectivity index (χ1v) is 6.11. The van der Waals surface area contributed by atoms with Gasteiger partial charge in [0.15, 0.2) is 12.4 Å². The molecule has 0 aromatic heterocycles. The van der Waals surface area contributed by atoms with Gasteiger partial charge in [0.05, 0.1) is 11.3 Å². The summed E-state index contributed by atoms with van der Waals surface area (Å²) in [5.74, 6) is -2.62. The number of ether oxygens (including phenoxy) is 1. The standard InChI is InChI=1S/C15H9F2NO3/c16-9-2-1-3-10(17)14(9)15(20)8-4-5-12-11(6-8)18-13(19)7-21-12/h1-6H,7H2,(H,18,19). The lowest BCUT2D eigenvalue weighted by Gasteiger charge is -2.18. The quantitative estimate of drug-likeness (QED) is 0.864. The number of anilines is 1. The van der Waals surface area contributed by atoms with Crippen LogP contribution in [0.3, 0.4) is 0 Å². The van der Waals surface area contributed by atoms with Crippen molar-refractivity contribution in [3.05, 3.63) is 59.2 Å². The third kappa shape index (κ3) is 2.35. The number of hydrogen-bond acceptors (Lipinski definition) is 3. The maximum atomic E-state index is 13.6. The molecule has 0 saturated carbocycles. The molecule has 0 fully saturated rings. The highest BCUT2D eigenvalue weighted by Crippen LogP contribution is 2.29. The fourth-order valence-electron chi connectivity index (χ4n) is 2.08. The molecule has 21 heavy (non-hydrogen) atoms. The number of fused-ring (bicyclic) bond motifs is 1. The van der Waals surface area contributed by atoms with E-state index in [2.05, 4.69) is 5.32 Å². The zero-order chi connectivity index (χ0) is 15.0. The summed E-state index contributed by atoms with van der Waals surface area (Å²) in [6.07, 6.45) is 0. The molecule has 1 aliphatic heterocycles. The Balaban J connectivity index is 2.03. The second-order valence-corrected chi connectivity index (χ2v) is 4.47. The Bertz CT molecular complexity index is 738. The summed E-state index contributed by atoms with van der Waals surface area (Å²) in [4.78, 5) is 23.5. The number of nitrogens with one attached hydrogen (secondary N) is 1. The van der Waals surface area contributed by atoms with Crippen LogP contribution in [0.2, 0.25) is 0 Å². The van der Waals surface area contributed by atoms with Gasteiger partial charge in [-0.25, -0.2) is 8.78 Å². The van der Waals surface area contributed by atoms with Crippen LogP contribution in [0, 0.1) is 11.6 Å². The molecule has 0 radical (unpaired) electrons. The number of hydrogen-bond donors (Lipinski definition) is 1. The number of ketones is 1. The second kappa shape index (κ2) is 4.97. The van der Waals surface area contributed by atoms with Crippen LogP contribution in [-0.4, -0.2) is 18.3 Å². The summed E-state index contributed by atoms with van der Waals surface area (Å²) in [6, 6.07) is 7.41. The topological polar surface area (TPSA) is 55.4 Å². The van der Waals surface area contributed by atoms with Gasteiger partial charge in [-0.15, -0.1) is 0 Å². The van der Waals surface area contributed by atoms with Gasteiger partial charge < -0.3 is 10.1 Å². The second-order valence-electron chi connectivity index (χ2n) is 4.47. The third-order valence-electron chi connectivity index (χ3n) is 3.06. The highest BCUT2D eigenvalue weighted by molar-refractivity contribution is 6.10. The van der Waals surface area contributed by atoms with Crippen LogP contribution in [-0.2, 0) is 4.79 Å². The normalized spacial score (nSPS) is 13.1. The molecule has 3 rings (SSSR count). The Morgan fingerprint density at radius 2 is 1.86 bits per heavy atom. The lowest BCUT2D eigenvalue weighted by molar-refractivity contribution is -0.118. The van der Waals surface area contributed by atoms with Crippen molar-refractivity contribution in [1.29, 1.82) is 0 Å². The van der Waals surface area contributed by atoms with E-state index in [1.165, 1.54) is 24.3 Å². The summed E-state index contributed by atoms with van der Waals surface area (Å²) in [5, 5.41) is 2.53. The van der Waals surface area contributed by atoms with Crippen LogP contribution in [0.4, 0.5) is 14.5 Å². The van der Waals surface area contributed by atoms with Gasteiger partial charge in [-0.05, 0) is 30.3 Å². The average molecular weight is 289 g/mol. The molecule has 106 valence electrons. The minimum Gasteiger partial charge on any atom is -0.482 e. The zero-order valence-corrected chi connectivity index (χ0v) is 10.7. The average Bonchev–Trinajstić information content (AvgIpc) is 2.46. The maximum absolute atomic E-state index is 13.6. The van der Waals surface area contributed by atoms with Gasteiger partial charge in [0.25, 0.3) is 5.91 Å². The summed E-state index contributed by atoms with van der Waals surface area (Å²) in [5.41, 5.74) is -0.266. The van der Waals surface area contributed by atoms with Crippen LogP contribution < -0.4 is 10.1 Å². The van der Waals surface area contributed by atoms with Crippen LogP contribution in [0.1, 0.15) is 15.9 Å². The Labute approximate surface area is 118 Å². The minimum atomic E-state index is -0.932. The van der Waals surface area contributed by atoms with Crippen molar-refractivity contribution in [1.82, 2.24) is 0 Å². The summed E-state index contributed by atoms with van der Waals surface area (Å²) < 4.78 is 32.4. The fraction of sp³-hybridized carbons (Fsp3) is 0.0667. The van der Waals surface area contributed by atoms with Crippen molar-refractivity contribution >= 4 is 17.4 Å². The van der Waals surface area contributed by atoms with E-state index in [4.69, 9.17) is 4.74 Å². The molecule has 0 spiro atoms. The van der Waals surface area contributed by atoms with Crippen LogP contribution in [0.5, 0.6) is 5.75 Å². The molecule has 0 unspecified atom stereocenters. The van der Waals surface area contributed by atoms with Crippen molar-refractivity contribution in [3.63, 3.8) is 0 Å². The number of carbonyl (C=O) groups is 2. The van der Waals surface area contributed by atoms with Crippen molar-refractivity contribution in [2.45, 2.75) is 0 Å². The highest BCUT2D eigenvalue weighted by Gasteiger charge is 2.22. The van der Waals surface area contributed by atoms with Gasteiger partial charge in [-0.2, -0.15) is 0 Å². The van der Waals surface area contributed by atoms with Gasteiger partial charge >= 0.3 is 0 Å². The van der Waals surface area contributed by atoms with Crippen LogP contribution in [0.25, 0.3) is 0 Å². The van der Waals surface area contributed by atoms with E-state index in [9.17, 15) is 18.4 Å². The molecule has 1 aliphatic rings. The van der Waals surface area contributed by atoms with Gasteiger partial charge in [-0.1, -0.05) is 6.07 Å². The first-order valence-electron chi connectivity index (χ1n) is 6.11. The predicted molar refractivity (Wildman–Crippen MR) is 70.4 cm³/mol. The molecule has 4 nitrogen and oxygen atoms in total. The van der Waals surface area contributed by atoms with Crippen molar-refractivity contribution in [2.24, 2.45) is 0 Å². The fourth-order valence-corrected chi connectivity index (χ4v) is 2.08. The molecule has 2 aromatic rings. The largest absolute Gasteiger partial charge is 0.482 e. The molecule has 0 aliphatic carbocycles. The molecular weight excluding hydrogens is 280 g/mol. The minimum absolute atomic E-state index is 0.0588. The van der Waals surface area contributed by atoms with E-state index in [0.29, 0.717) is 11.4 Å². The maximum Gasteiger partial charge on any atom is 0.262 e. The van der Waals surface area contributed by atoms with E-state index in [1.54, 1.807) is 0 Å². The molecule has 0 saturated heterocycles. The van der Waals surface area contributed by atoms with Gasteiger partial charge in [0.2, 0.25) is 0 Å². The van der Waals surface area contributed by atoms with E-state index < -0.39 is 23.0 Å². The summed E-state index contributed by atoms with van der Waals surface area (Å²) >= 11 is 0. The molecule has 0 atom stereocenters. The van der Waals surface area contributed by atoms with E-state index in [1.807, 2.05) is 0 Å². The van der Waals surface area contributed by atoms with Crippen LogP contribution in [0.15, 0.2) is 36.4 Å². The van der Waals surface area contributed by atoms with Gasteiger partial charge in [0.1, 0.15) is 17.4 Å². The number of carbonyl (C=O) groups excluding carboxylic acids is 2. The highest BCUT2D eigenvalue weighted by atomic mass is 19.1. The first kappa shape index (κ1) is 13.2. The van der Waals surface area contributed by atoms with E-state index in [-0.39, 0.29) is 18.1 Å². The van der Waals surface area contributed by atoms with E-state index >= 15 is 0 Å². The Morgan fingerprint density at radius 1 is 1.14 bits per heavy atom. The Kier molecular flexibility index (Phi) is 3.13. The lowest BCUT2D eigenvalue weighted by Crippen LogP contribution is -2.25. The summed E-state index contributed by atoms with van der Waals surface area (Å²) in [7, 11) is 0. The molecule has 6 heteroatoms. The Morgan fingerprint density at radius 3 is 2.57 bits per heavy atom. The predicted octanol–water partition coefficient (Wildman–Crippen LogP) is 2.53. The molecule has 1 N–H and O–H groups in total. The van der Waals surface area contributed by atoms with Gasteiger partial charge in [0, 0.05) is 5.56 Å². The number of rotatable bonds is 2. The summed E-state index contributed by atoms with van der Waals surface area (Å²) in [6.45, 7) is -0.109. The Hall–Kier alpha value is -2.76. The number of halogens is 2. The smallest absolute Gasteiger partial charge is 0.262 e. The van der Waals surface area contributed by atoms with Crippen molar-refractivity contribution in [2.75, 3.05) is 11.9 Å². The molecular formula is C15H9F2NO3. The number of amides is 1. The van der Waals surface area contributed by atoms with Gasteiger partial charge in [-0.3, -0.25) is 9.59 Å². The zero-order valence-electron chi connectivity index (χ0n) is 10.7. The SMILES string of the molecule is O=C1COc2ccc(C(=O)c3c(F)cccc3F)cc2N1. The molecule has 2 aromatic carbocycles. The molecule has 1 amide bonds. The third-order valence-corrected chi connectivity index (χ3v) is 3.06. The first-order chi connectivity index (χ1) is 10.1. The van der Waals surface area contributed by atoms with Crippen molar-refractivity contribution in [3.8, 4) is 5.75 Å². The lowest BCUT2D eigenvalue weighted by atomic mass is 10.0. The number of benzene rings is 2.